The molecule has 0 saturated carbocycles. The molecule has 0 radical (unpaired) electrons. The number of carbonyl (C=O) groups is 2. The summed E-state index contributed by atoms with van der Waals surface area (Å²) in [6, 6.07) is 5.98. The summed E-state index contributed by atoms with van der Waals surface area (Å²) in [5, 5.41) is 8.86. The van der Waals surface area contributed by atoms with Gasteiger partial charge in [0.2, 0.25) is 0 Å². The summed E-state index contributed by atoms with van der Waals surface area (Å²) >= 11 is 0. The van der Waals surface area contributed by atoms with Crippen LogP contribution in [0.3, 0.4) is 0 Å². The Kier molecular flexibility index (Phi) is 4.34. The van der Waals surface area contributed by atoms with Crippen molar-refractivity contribution in [1.29, 1.82) is 0 Å². The first-order valence-corrected chi connectivity index (χ1v) is 6.48. The Morgan fingerprint density at radius 1 is 1.35 bits per heavy atom. The van der Waals surface area contributed by atoms with E-state index in [4.69, 9.17) is 9.84 Å². The number of hydrogen-bond acceptors (Lipinski definition) is 3. The Bertz CT molecular complexity index is 520. The second kappa shape index (κ2) is 6.00. The van der Waals surface area contributed by atoms with Crippen LogP contribution in [-0.2, 0) is 14.3 Å². The molecule has 1 amide bonds. The van der Waals surface area contributed by atoms with Crippen LogP contribution in [0.4, 0.5) is 10.1 Å². The number of benzene rings is 1. The average molecular weight is 281 g/mol. The molecule has 0 unspecified atom stereocenters. The van der Waals surface area contributed by atoms with Crippen molar-refractivity contribution in [2.24, 2.45) is 0 Å². The zero-order valence-corrected chi connectivity index (χ0v) is 11.1. The lowest BCUT2D eigenvalue weighted by molar-refractivity contribution is -0.151. The van der Waals surface area contributed by atoms with Gasteiger partial charge in [0.1, 0.15) is 11.9 Å². The molecule has 1 aliphatic heterocycles. The summed E-state index contributed by atoms with van der Waals surface area (Å²) in [4.78, 5) is 24.4. The third kappa shape index (κ3) is 2.80. The fourth-order valence-electron chi connectivity index (χ4n) is 2.29. The Labute approximate surface area is 116 Å². The Morgan fingerprint density at radius 2 is 2.00 bits per heavy atom. The standard InChI is InChI=1S/C14H16FNO4/c1-2-16(10-6-4-3-5-9(10)15)13(17)11-7-8-12(20-11)14(18)19/h3-6,11-12H,2,7-8H2,1H3,(H,18,19)/t11-,12+/m0/s1. The van der Waals surface area contributed by atoms with Gasteiger partial charge in [-0.15, -0.1) is 0 Å². The monoisotopic (exact) mass is 281 g/mol. The molecule has 0 aliphatic carbocycles. The lowest BCUT2D eigenvalue weighted by Gasteiger charge is -2.24. The lowest BCUT2D eigenvalue weighted by Crippen LogP contribution is -2.40. The van der Waals surface area contributed by atoms with E-state index in [9.17, 15) is 14.0 Å². The molecule has 5 nitrogen and oxygen atoms in total. The number of carboxylic acids is 1. The van der Waals surface area contributed by atoms with Crippen LogP contribution in [0.25, 0.3) is 0 Å². The smallest absolute Gasteiger partial charge is 0.332 e. The van der Waals surface area contributed by atoms with Crippen molar-refractivity contribution in [3.63, 3.8) is 0 Å². The summed E-state index contributed by atoms with van der Waals surface area (Å²) in [5.41, 5.74) is 0.183. The number of amides is 1. The number of carbonyl (C=O) groups excluding carboxylic acids is 1. The van der Waals surface area contributed by atoms with Crippen LogP contribution in [0.2, 0.25) is 0 Å². The van der Waals surface area contributed by atoms with Crippen molar-refractivity contribution in [2.45, 2.75) is 32.0 Å². The molecule has 1 aromatic carbocycles. The second-order valence-electron chi connectivity index (χ2n) is 4.56. The van der Waals surface area contributed by atoms with Crippen LogP contribution >= 0.6 is 0 Å². The van der Waals surface area contributed by atoms with E-state index in [1.807, 2.05) is 0 Å². The molecule has 6 heteroatoms. The normalized spacial score (nSPS) is 21.7. The molecule has 1 aliphatic rings. The lowest BCUT2D eigenvalue weighted by atomic mass is 10.1. The first-order chi connectivity index (χ1) is 9.54. The molecule has 1 saturated heterocycles. The zero-order chi connectivity index (χ0) is 14.7. The van der Waals surface area contributed by atoms with Crippen molar-refractivity contribution in [2.75, 3.05) is 11.4 Å². The molecule has 1 fully saturated rings. The van der Waals surface area contributed by atoms with E-state index in [2.05, 4.69) is 0 Å². The topological polar surface area (TPSA) is 66.8 Å². The van der Waals surface area contributed by atoms with Crippen molar-refractivity contribution in [3.8, 4) is 0 Å². The fourth-order valence-corrected chi connectivity index (χ4v) is 2.29. The minimum atomic E-state index is -1.07. The molecule has 0 spiro atoms. The highest BCUT2D eigenvalue weighted by Gasteiger charge is 2.37. The second-order valence-corrected chi connectivity index (χ2v) is 4.56. The fraction of sp³-hybridized carbons (Fsp3) is 0.429. The van der Waals surface area contributed by atoms with Gasteiger partial charge >= 0.3 is 5.97 Å². The van der Waals surface area contributed by atoms with E-state index in [0.717, 1.165) is 0 Å². The minimum Gasteiger partial charge on any atom is -0.479 e. The summed E-state index contributed by atoms with van der Waals surface area (Å²) in [6.45, 7) is 2.02. The molecule has 108 valence electrons. The SMILES string of the molecule is CCN(C(=O)[C@@H]1CC[C@H](C(=O)O)O1)c1ccccc1F. The van der Waals surface area contributed by atoms with Crippen molar-refractivity contribution < 1.29 is 23.8 Å². The number of rotatable bonds is 4. The maximum absolute atomic E-state index is 13.8. The number of hydrogen-bond donors (Lipinski definition) is 1. The Morgan fingerprint density at radius 3 is 2.55 bits per heavy atom. The van der Waals surface area contributed by atoms with Gasteiger partial charge in [-0.1, -0.05) is 12.1 Å². The Balaban J connectivity index is 2.15. The molecule has 0 aromatic heterocycles. The first kappa shape index (κ1) is 14.5. The highest BCUT2D eigenvalue weighted by molar-refractivity contribution is 5.97. The maximum atomic E-state index is 13.8. The Hall–Kier alpha value is -1.95. The van der Waals surface area contributed by atoms with Crippen LogP contribution in [0, 0.1) is 5.82 Å². The van der Waals surface area contributed by atoms with Gasteiger partial charge in [0, 0.05) is 6.54 Å². The predicted molar refractivity (Wildman–Crippen MR) is 70.0 cm³/mol. The van der Waals surface area contributed by atoms with Gasteiger partial charge in [-0.05, 0) is 31.9 Å². The van der Waals surface area contributed by atoms with E-state index >= 15 is 0 Å². The van der Waals surface area contributed by atoms with E-state index in [0.29, 0.717) is 12.8 Å². The summed E-state index contributed by atoms with van der Waals surface area (Å²) in [6.07, 6.45) is -1.15. The number of para-hydroxylation sites is 1. The highest BCUT2D eigenvalue weighted by atomic mass is 19.1. The maximum Gasteiger partial charge on any atom is 0.332 e. The van der Waals surface area contributed by atoms with E-state index in [1.54, 1.807) is 19.1 Å². The molecule has 1 aromatic rings. The van der Waals surface area contributed by atoms with Gasteiger partial charge in [0.25, 0.3) is 5.91 Å². The summed E-state index contributed by atoms with van der Waals surface area (Å²) in [7, 11) is 0. The van der Waals surface area contributed by atoms with E-state index in [-0.39, 0.29) is 12.2 Å². The number of aliphatic carboxylic acids is 1. The number of carboxylic acid groups (broad SMARTS) is 1. The third-order valence-electron chi connectivity index (χ3n) is 3.30. The number of halogens is 1. The molecule has 1 N–H and O–H groups in total. The van der Waals surface area contributed by atoms with Crippen LogP contribution in [0.15, 0.2) is 24.3 Å². The molecule has 20 heavy (non-hydrogen) atoms. The number of nitrogens with zero attached hydrogens (tertiary/aromatic N) is 1. The van der Waals surface area contributed by atoms with Gasteiger partial charge in [0.05, 0.1) is 5.69 Å². The first-order valence-electron chi connectivity index (χ1n) is 6.48. The van der Waals surface area contributed by atoms with Gasteiger partial charge < -0.3 is 14.7 Å². The van der Waals surface area contributed by atoms with Crippen molar-refractivity contribution in [3.05, 3.63) is 30.1 Å². The quantitative estimate of drug-likeness (QED) is 0.914. The third-order valence-corrected chi connectivity index (χ3v) is 3.30. The number of anilines is 1. The van der Waals surface area contributed by atoms with E-state index in [1.165, 1.54) is 17.0 Å². The molecule has 1 heterocycles. The van der Waals surface area contributed by atoms with Crippen LogP contribution in [0.1, 0.15) is 19.8 Å². The van der Waals surface area contributed by atoms with E-state index < -0.39 is 29.9 Å². The molecular formula is C14H16FNO4. The number of ether oxygens (including phenoxy) is 1. The van der Waals surface area contributed by atoms with Gasteiger partial charge in [-0.2, -0.15) is 0 Å². The molecule has 2 atom stereocenters. The predicted octanol–water partition coefficient (Wildman–Crippen LogP) is 1.81. The minimum absolute atomic E-state index is 0.183. The number of likely N-dealkylation sites (N-methyl/N-ethyl adjacent to an activating group) is 1. The molecular weight excluding hydrogens is 265 g/mol. The highest BCUT2D eigenvalue weighted by Crippen LogP contribution is 2.25. The van der Waals surface area contributed by atoms with Crippen LogP contribution < -0.4 is 4.90 Å². The summed E-state index contributed by atoms with van der Waals surface area (Å²) < 4.78 is 19.0. The van der Waals surface area contributed by atoms with Crippen molar-refractivity contribution in [1.82, 2.24) is 0 Å². The molecule has 2 rings (SSSR count). The average Bonchev–Trinajstić information content (AvgIpc) is 2.91. The zero-order valence-electron chi connectivity index (χ0n) is 11.1. The largest absolute Gasteiger partial charge is 0.479 e. The van der Waals surface area contributed by atoms with Crippen LogP contribution in [0.5, 0.6) is 0 Å². The summed E-state index contributed by atoms with van der Waals surface area (Å²) in [5.74, 6) is -1.97. The van der Waals surface area contributed by atoms with Crippen LogP contribution in [-0.4, -0.2) is 35.7 Å². The van der Waals surface area contributed by atoms with Gasteiger partial charge in [-0.3, -0.25) is 4.79 Å². The molecule has 0 bridgehead atoms. The van der Waals surface area contributed by atoms with Crippen molar-refractivity contribution >= 4 is 17.6 Å². The van der Waals surface area contributed by atoms with Gasteiger partial charge in [0.15, 0.2) is 6.10 Å². The van der Waals surface area contributed by atoms with Gasteiger partial charge in [-0.25, -0.2) is 9.18 Å².